The summed E-state index contributed by atoms with van der Waals surface area (Å²) in [6, 6.07) is 11.0. The minimum absolute atomic E-state index is 0.0790. The Bertz CT molecular complexity index is 931. The number of benzene rings is 2. The number of nitrogens with one attached hydrogen (secondary N) is 1. The van der Waals surface area contributed by atoms with Gasteiger partial charge in [0.25, 0.3) is 0 Å². The maximum absolute atomic E-state index is 13.7. The van der Waals surface area contributed by atoms with Crippen LogP contribution in [-0.2, 0) is 26.3 Å². The lowest BCUT2D eigenvalue weighted by atomic mass is 9.73. The van der Waals surface area contributed by atoms with Crippen LogP contribution in [0.2, 0.25) is 10.0 Å². The monoisotopic (exact) mass is 466 g/mol. The van der Waals surface area contributed by atoms with Gasteiger partial charge in [-0.2, -0.15) is 0 Å². The molecule has 0 aliphatic carbocycles. The first kappa shape index (κ1) is 23.5. The Hall–Kier alpha value is -2.15. The van der Waals surface area contributed by atoms with E-state index in [0.29, 0.717) is 48.2 Å². The molecular weight excluding hydrogens is 442 g/mol. The fourth-order valence-electron chi connectivity index (χ4n) is 3.86. The number of hydrogen-bond donors (Lipinski definition) is 1. The van der Waals surface area contributed by atoms with E-state index in [1.165, 1.54) is 17.0 Å². The third-order valence-electron chi connectivity index (χ3n) is 5.61. The van der Waals surface area contributed by atoms with Gasteiger partial charge in [0.05, 0.1) is 12.0 Å². The fraction of sp³-hybridized carbons (Fsp3) is 0.391. The summed E-state index contributed by atoms with van der Waals surface area (Å²) in [5.41, 5.74) is 0.614. The van der Waals surface area contributed by atoms with Gasteiger partial charge in [0.2, 0.25) is 11.8 Å². The first-order chi connectivity index (χ1) is 14.9. The second-order valence-corrected chi connectivity index (χ2v) is 8.38. The van der Waals surface area contributed by atoms with Gasteiger partial charge in [-0.05, 0) is 55.2 Å². The summed E-state index contributed by atoms with van der Waals surface area (Å²) in [6.45, 7) is 3.24. The molecule has 166 valence electrons. The van der Waals surface area contributed by atoms with Gasteiger partial charge in [0.1, 0.15) is 5.82 Å². The molecule has 1 N–H and O–H groups in total. The molecule has 31 heavy (non-hydrogen) atoms. The number of amides is 2. The zero-order valence-corrected chi connectivity index (χ0v) is 18.8. The Morgan fingerprint density at radius 1 is 1.13 bits per heavy atom. The van der Waals surface area contributed by atoms with E-state index in [4.69, 9.17) is 27.9 Å². The third-order valence-corrected chi connectivity index (χ3v) is 6.16. The summed E-state index contributed by atoms with van der Waals surface area (Å²) in [4.78, 5) is 27.8. The van der Waals surface area contributed by atoms with Crippen LogP contribution in [0, 0.1) is 5.82 Å². The maximum Gasteiger partial charge on any atom is 0.239 e. The summed E-state index contributed by atoms with van der Waals surface area (Å²) in [5, 5.41) is 3.72. The SMILES string of the molecule is CCN(CC(=O)NCc1ccc(F)cc1)C(=O)C1(c2ccc(Cl)cc2Cl)CCOCC1. The van der Waals surface area contributed by atoms with Crippen molar-refractivity contribution in [2.45, 2.75) is 31.7 Å². The highest BCUT2D eigenvalue weighted by Gasteiger charge is 2.45. The van der Waals surface area contributed by atoms with Gasteiger partial charge in [-0.1, -0.05) is 41.4 Å². The quantitative estimate of drug-likeness (QED) is 0.659. The molecule has 0 spiro atoms. The minimum Gasteiger partial charge on any atom is -0.381 e. The van der Waals surface area contributed by atoms with Crippen LogP contribution in [0.4, 0.5) is 4.39 Å². The van der Waals surface area contributed by atoms with Crippen molar-refractivity contribution in [2.75, 3.05) is 26.3 Å². The van der Waals surface area contributed by atoms with Gasteiger partial charge in [0.15, 0.2) is 0 Å². The average Bonchev–Trinajstić information content (AvgIpc) is 2.77. The first-order valence-electron chi connectivity index (χ1n) is 10.2. The molecule has 0 atom stereocenters. The highest BCUT2D eigenvalue weighted by molar-refractivity contribution is 6.35. The Labute approximate surface area is 191 Å². The summed E-state index contributed by atoms with van der Waals surface area (Å²) in [6.07, 6.45) is 0.946. The van der Waals surface area contributed by atoms with Gasteiger partial charge < -0.3 is 15.0 Å². The summed E-state index contributed by atoms with van der Waals surface area (Å²) in [5.74, 6) is -0.774. The molecule has 8 heteroatoms. The van der Waals surface area contributed by atoms with Crippen molar-refractivity contribution < 1.29 is 18.7 Å². The molecular formula is C23H25Cl2FN2O3. The molecule has 0 radical (unpaired) electrons. The minimum atomic E-state index is -0.868. The van der Waals surface area contributed by atoms with E-state index in [9.17, 15) is 14.0 Å². The summed E-state index contributed by atoms with van der Waals surface area (Å²) >= 11 is 12.5. The lowest BCUT2D eigenvalue weighted by Gasteiger charge is -2.40. The molecule has 5 nitrogen and oxygen atoms in total. The molecule has 0 unspecified atom stereocenters. The van der Waals surface area contributed by atoms with Crippen LogP contribution < -0.4 is 5.32 Å². The van der Waals surface area contributed by atoms with Gasteiger partial charge in [-0.25, -0.2) is 4.39 Å². The van der Waals surface area contributed by atoms with E-state index < -0.39 is 5.41 Å². The van der Waals surface area contributed by atoms with Crippen molar-refractivity contribution >= 4 is 35.0 Å². The number of carbonyl (C=O) groups excluding carboxylic acids is 2. The number of halogens is 3. The first-order valence-corrected chi connectivity index (χ1v) is 10.9. The molecule has 1 aliphatic heterocycles. The molecule has 0 saturated carbocycles. The Balaban J connectivity index is 1.75. The summed E-state index contributed by atoms with van der Waals surface area (Å²) in [7, 11) is 0. The third kappa shape index (κ3) is 5.56. The van der Waals surface area contributed by atoms with Gasteiger partial charge in [-0.15, -0.1) is 0 Å². The van der Waals surface area contributed by atoms with Crippen LogP contribution in [0.5, 0.6) is 0 Å². The number of rotatable bonds is 7. The molecule has 0 aromatic heterocycles. The van der Waals surface area contributed by atoms with Crippen LogP contribution >= 0.6 is 23.2 Å². The lowest BCUT2D eigenvalue weighted by Crippen LogP contribution is -2.52. The van der Waals surface area contributed by atoms with E-state index in [0.717, 1.165) is 5.56 Å². The Morgan fingerprint density at radius 3 is 2.42 bits per heavy atom. The average molecular weight is 467 g/mol. The van der Waals surface area contributed by atoms with E-state index in [2.05, 4.69) is 5.32 Å². The second-order valence-electron chi connectivity index (χ2n) is 7.54. The van der Waals surface area contributed by atoms with Crippen molar-refractivity contribution in [1.82, 2.24) is 10.2 Å². The molecule has 0 bridgehead atoms. The number of nitrogens with zero attached hydrogens (tertiary/aromatic N) is 1. The van der Waals surface area contributed by atoms with Crippen molar-refractivity contribution in [2.24, 2.45) is 0 Å². The van der Waals surface area contributed by atoms with Crippen molar-refractivity contribution in [3.63, 3.8) is 0 Å². The van der Waals surface area contributed by atoms with Gasteiger partial charge in [0, 0.05) is 36.3 Å². The molecule has 3 rings (SSSR count). The second kappa shape index (κ2) is 10.4. The van der Waals surface area contributed by atoms with Crippen molar-refractivity contribution in [3.05, 3.63) is 69.5 Å². The van der Waals surface area contributed by atoms with Crippen molar-refractivity contribution in [3.8, 4) is 0 Å². The molecule has 2 amide bonds. The lowest BCUT2D eigenvalue weighted by molar-refractivity contribution is -0.144. The predicted octanol–water partition coefficient (Wildman–Crippen LogP) is 4.35. The van der Waals surface area contributed by atoms with E-state index in [1.54, 1.807) is 30.3 Å². The predicted molar refractivity (Wildman–Crippen MR) is 119 cm³/mol. The Morgan fingerprint density at radius 2 is 1.81 bits per heavy atom. The number of ether oxygens (including phenoxy) is 1. The number of likely N-dealkylation sites (N-methyl/N-ethyl adjacent to an activating group) is 1. The molecule has 1 aliphatic rings. The van der Waals surface area contributed by atoms with Gasteiger partial charge >= 0.3 is 0 Å². The fourth-order valence-corrected chi connectivity index (χ4v) is 4.45. The number of carbonyl (C=O) groups is 2. The normalized spacial score (nSPS) is 15.4. The van der Waals surface area contributed by atoms with Gasteiger partial charge in [-0.3, -0.25) is 9.59 Å². The highest BCUT2D eigenvalue weighted by atomic mass is 35.5. The number of hydrogen-bond acceptors (Lipinski definition) is 3. The Kier molecular flexibility index (Phi) is 7.92. The standard InChI is InChI=1S/C23H25Cl2FN2O3/c1-2-28(15-21(29)27-14-16-3-6-18(26)7-4-16)22(30)23(9-11-31-12-10-23)19-8-5-17(24)13-20(19)25/h3-8,13H,2,9-12,14-15H2,1H3,(H,27,29). The molecule has 2 aromatic rings. The van der Waals surface area contributed by atoms with Crippen LogP contribution in [0.25, 0.3) is 0 Å². The largest absolute Gasteiger partial charge is 0.381 e. The molecule has 1 fully saturated rings. The summed E-state index contributed by atoms with van der Waals surface area (Å²) < 4.78 is 18.5. The zero-order valence-electron chi connectivity index (χ0n) is 17.3. The van der Waals surface area contributed by atoms with Crippen LogP contribution in [0.3, 0.4) is 0 Å². The van der Waals surface area contributed by atoms with Crippen molar-refractivity contribution in [1.29, 1.82) is 0 Å². The topological polar surface area (TPSA) is 58.6 Å². The van der Waals surface area contributed by atoms with E-state index in [1.807, 2.05) is 6.92 Å². The van der Waals surface area contributed by atoms with Crippen LogP contribution in [-0.4, -0.2) is 43.0 Å². The smallest absolute Gasteiger partial charge is 0.239 e. The maximum atomic E-state index is 13.7. The zero-order chi connectivity index (χ0) is 22.4. The van der Waals surface area contributed by atoms with E-state index in [-0.39, 0.29) is 30.7 Å². The molecule has 1 heterocycles. The molecule has 1 saturated heterocycles. The highest BCUT2D eigenvalue weighted by Crippen LogP contribution is 2.41. The van der Waals surface area contributed by atoms with E-state index >= 15 is 0 Å². The van der Waals surface area contributed by atoms with Crippen LogP contribution in [0.15, 0.2) is 42.5 Å². The van der Waals surface area contributed by atoms with Crippen LogP contribution in [0.1, 0.15) is 30.9 Å². The molecule has 2 aromatic carbocycles.